The third-order valence-corrected chi connectivity index (χ3v) is 6.52. The zero-order valence-electron chi connectivity index (χ0n) is 21.9. The van der Waals surface area contributed by atoms with Gasteiger partial charge < -0.3 is 20.1 Å². The molecule has 0 spiro atoms. The molecule has 0 aromatic heterocycles. The molecule has 0 fully saturated rings. The predicted molar refractivity (Wildman–Crippen MR) is 153 cm³/mol. The van der Waals surface area contributed by atoms with Gasteiger partial charge in [-0.3, -0.25) is 4.79 Å². The van der Waals surface area contributed by atoms with Gasteiger partial charge in [-0.2, -0.15) is 0 Å². The van der Waals surface area contributed by atoms with E-state index in [9.17, 15) is 9.90 Å². The van der Waals surface area contributed by atoms with E-state index in [1.165, 1.54) is 11.1 Å². The van der Waals surface area contributed by atoms with Gasteiger partial charge in [-0.05, 0) is 41.3 Å². The second kappa shape index (κ2) is 14.1. The standard InChI is InChI=1S/C33H36N2O3/c1-2-38-32(33(37)34-31(25-36)29-16-10-5-11-17-29)22-26-18-20-30(21-19-26)35(23-27-12-6-3-7-13-27)24-28-14-8-4-9-15-28/h3-21,31-32,36H,2,22-25H2,1H3,(H,34,37)/t31-,32-/m1/s1. The van der Waals surface area contributed by atoms with Gasteiger partial charge in [0, 0.05) is 31.8 Å². The van der Waals surface area contributed by atoms with Gasteiger partial charge >= 0.3 is 0 Å². The minimum Gasteiger partial charge on any atom is -0.394 e. The van der Waals surface area contributed by atoms with E-state index in [2.05, 4.69) is 83.0 Å². The van der Waals surface area contributed by atoms with Crippen LogP contribution in [0.5, 0.6) is 0 Å². The van der Waals surface area contributed by atoms with Gasteiger partial charge in [0.1, 0.15) is 6.10 Å². The molecule has 5 heteroatoms. The van der Waals surface area contributed by atoms with Crippen molar-refractivity contribution < 1.29 is 14.6 Å². The maximum atomic E-state index is 13.1. The topological polar surface area (TPSA) is 61.8 Å². The Morgan fingerprint density at radius 3 is 1.79 bits per heavy atom. The van der Waals surface area contributed by atoms with Gasteiger partial charge in [0.25, 0.3) is 0 Å². The molecular weight excluding hydrogens is 472 g/mol. The summed E-state index contributed by atoms with van der Waals surface area (Å²) in [6.07, 6.45) is -0.196. The summed E-state index contributed by atoms with van der Waals surface area (Å²) in [6.45, 7) is 3.71. The fourth-order valence-electron chi connectivity index (χ4n) is 4.52. The molecule has 0 bridgehead atoms. The SMILES string of the molecule is CCO[C@H](Cc1ccc(N(Cc2ccccc2)Cc2ccccc2)cc1)C(=O)N[C@H](CO)c1ccccc1. The van der Waals surface area contributed by atoms with E-state index < -0.39 is 12.1 Å². The number of nitrogens with zero attached hydrogens (tertiary/aromatic N) is 1. The Morgan fingerprint density at radius 1 is 0.763 bits per heavy atom. The Hall–Kier alpha value is -3.93. The van der Waals surface area contributed by atoms with Crippen LogP contribution in [-0.2, 0) is 29.0 Å². The fourth-order valence-corrected chi connectivity index (χ4v) is 4.52. The smallest absolute Gasteiger partial charge is 0.250 e. The van der Waals surface area contributed by atoms with Crippen molar-refractivity contribution in [1.29, 1.82) is 0 Å². The number of hydrogen-bond donors (Lipinski definition) is 2. The van der Waals surface area contributed by atoms with Gasteiger partial charge in [0.05, 0.1) is 12.6 Å². The summed E-state index contributed by atoms with van der Waals surface area (Å²) in [6, 6.07) is 38.3. The van der Waals surface area contributed by atoms with Crippen LogP contribution in [0.15, 0.2) is 115 Å². The number of amides is 1. The number of carbonyl (C=O) groups is 1. The number of anilines is 1. The van der Waals surface area contributed by atoms with Gasteiger partial charge in [-0.25, -0.2) is 0 Å². The largest absolute Gasteiger partial charge is 0.394 e. The molecule has 1 amide bonds. The summed E-state index contributed by atoms with van der Waals surface area (Å²) in [5, 5.41) is 12.8. The van der Waals surface area contributed by atoms with Gasteiger partial charge in [0.15, 0.2) is 0 Å². The second-order valence-corrected chi connectivity index (χ2v) is 9.30. The minimum absolute atomic E-state index is 0.179. The Labute approximate surface area is 225 Å². The van der Waals surface area contributed by atoms with E-state index in [1.54, 1.807) is 0 Å². The Morgan fingerprint density at radius 2 is 1.29 bits per heavy atom. The summed E-state index contributed by atoms with van der Waals surface area (Å²) in [7, 11) is 0. The molecule has 196 valence electrons. The highest BCUT2D eigenvalue weighted by Crippen LogP contribution is 2.22. The number of ether oxygens (including phenoxy) is 1. The number of rotatable bonds is 13. The molecule has 38 heavy (non-hydrogen) atoms. The van der Waals surface area contributed by atoms with E-state index in [1.807, 2.05) is 49.4 Å². The lowest BCUT2D eigenvalue weighted by atomic mass is 10.0. The first kappa shape index (κ1) is 27.1. The average Bonchev–Trinajstić information content (AvgIpc) is 2.97. The first-order valence-electron chi connectivity index (χ1n) is 13.2. The number of carbonyl (C=O) groups excluding carboxylic acids is 1. The lowest BCUT2D eigenvalue weighted by Crippen LogP contribution is -2.41. The summed E-state index contributed by atoms with van der Waals surface area (Å²) in [4.78, 5) is 15.5. The van der Waals surface area contributed by atoms with E-state index in [0.717, 1.165) is 29.9 Å². The third-order valence-electron chi connectivity index (χ3n) is 6.52. The van der Waals surface area contributed by atoms with E-state index in [4.69, 9.17) is 4.74 Å². The van der Waals surface area contributed by atoms with E-state index in [-0.39, 0.29) is 12.5 Å². The van der Waals surface area contributed by atoms with E-state index in [0.29, 0.717) is 13.0 Å². The molecule has 4 aromatic carbocycles. The molecule has 2 atom stereocenters. The molecule has 4 aromatic rings. The zero-order chi connectivity index (χ0) is 26.6. The Kier molecular flexibility index (Phi) is 10.1. The van der Waals surface area contributed by atoms with Crippen LogP contribution in [0, 0.1) is 0 Å². The quantitative estimate of drug-likeness (QED) is 0.244. The van der Waals surface area contributed by atoms with Crippen LogP contribution in [0.2, 0.25) is 0 Å². The van der Waals surface area contributed by atoms with Crippen molar-refractivity contribution in [2.75, 3.05) is 18.1 Å². The maximum Gasteiger partial charge on any atom is 0.250 e. The van der Waals surface area contributed by atoms with Gasteiger partial charge in [0.2, 0.25) is 5.91 Å². The lowest BCUT2D eigenvalue weighted by Gasteiger charge is -2.26. The number of hydrogen-bond acceptors (Lipinski definition) is 4. The highest BCUT2D eigenvalue weighted by Gasteiger charge is 2.23. The molecule has 0 aliphatic heterocycles. The van der Waals surface area contributed by atoms with Crippen molar-refractivity contribution in [2.45, 2.75) is 38.6 Å². The van der Waals surface area contributed by atoms with Crippen LogP contribution in [0.3, 0.4) is 0 Å². The van der Waals surface area contributed by atoms with Crippen molar-refractivity contribution in [3.05, 3.63) is 138 Å². The zero-order valence-corrected chi connectivity index (χ0v) is 21.9. The van der Waals surface area contributed by atoms with Crippen LogP contribution in [0.25, 0.3) is 0 Å². The maximum absolute atomic E-state index is 13.1. The van der Waals surface area contributed by atoms with E-state index >= 15 is 0 Å². The van der Waals surface area contributed by atoms with Crippen molar-refractivity contribution in [3.8, 4) is 0 Å². The van der Waals surface area contributed by atoms with Crippen molar-refractivity contribution >= 4 is 11.6 Å². The molecule has 0 aliphatic rings. The van der Waals surface area contributed by atoms with Crippen molar-refractivity contribution in [2.24, 2.45) is 0 Å². The van der Waals surface area contributed by atoms with Crippen LogP contribution >= 0.6 is 0 Å². The average molecular weight is 509 g/mol. The molecule has 2 N–H and O–H groups in total. The monoisotopic (exact) mass is 508 g/mol. The molecule has 0 aliphatic carbocycles. The van der Waals surface area contributed by atoms with Crippen molar-refractivity contribution in [3.63, 3.8) is 0 Å². The molecular formula is C33H36N2O3. The fraction of sp³-hybridized carbons (Fsp3) is 0.242. The first-order chi connectivity index (χ1) is 18.7. The number of aliphatic hydroxyl groups excluding tert-OH is 1. The lowest BCUT2D eigenvalue weighted by molar-refractivity contribution is -0.133. The molecule has 4 rings (SSSR count). The summed E-state index contributed by atoms with van der Waals surface area (Å²) >= 11 is 0. The summed E-state index contributed by atoms with van der Waals surface area (Å²) < 4.78 is 5.82. The Balaban J connectivity index is 1.47. The number of benzene rings is 4. The van der Waals surface area contributed by atoms with Crippen LogP contribution < -0.4 is 10.2 Å². The summed E-state index contributed by atoms with van der Waals surface area (Å²) in [5.74, 6) is -0.228. The third kappa shape index (κ3) is 7.78. The predicted octanol–water partition coefficient (Wildman–Crippen LogP) is 5.69. The first-order valence-corrected chi connectivity index (χ1v) is 13.2. The van der Waals surface area contributed by atoms with Crippen LogP contribution in [-0.4, -0.2) is 30.3 Å². The van der Waals surface area contributed by atoms with Crippen molar-refractivity contribution in [1.82, 2.24) is 5.32 Å². The molecule has 0 heterocycles. The number of nitrogens with one attached hydrogen (secondary N) is 1. The molecule has 0 saturated heterocycles. The van der Waals surface area contributed by atoms with Gasteiger partial charge in [-0.15, -0.1) is 0 Å². The van der Waals surface area contributed by atoms with Crippen LogP contribution in [0.4, 0.5) is 5.69 Å². The second-order valence-electron chi connectivity index (χ2n) is 9.30. The molecule has 0 saturated carbocycles. The normalized spacial score (nSPS) is 12.5. The highest BCUT2D eigenvalue weighted by molar-refractivity contribution is 5.81. The highest BCUT2D eigenvalue weighted by atomic mass is 16.5. The number of aliphatic hydroxyl groups is 1. The molecule has 5 nitrogen and oxygen atoms in total. The minimum atomic E-state index is -0.645. The Bertz CT molecular complexity index is 1190. The molecule has 0 radical (unpaired) electrons. The van der Waals surface area contributed by atoms with Gasteiger partial charge in [-0.1, -0.05) is 103 Å². The molecule has 0 unspecified atom stereocenters. The summed E-state index contributed by atoms with van der Waals surface area (Å²) in [5.41, 5.74) is 5.49. The van der Waals surface area contributed by atoms with Crippen LogP contribution in [0.1, 0.15) is 35.2 Å².